The molecule has 0 aliphatic heterocycles. The summed E-state index contributed by atoms with van der Waals surface area (Å²) >= 11 is 0. The molecule has 1 aromatic heterocycles. The maximum Gasteiger partial charge on any atom is 0.312 e. The lowest BCUT2D eigenvalue weighted by atomic mass is 9.43. The number of hydrogen-bond donors (Lipinski definition) is 1. The third-order valence-electron chi connectivity index (χ3n) is 7.85. The molecule has 2 aromatic rings. The highest BCUT2D eigenvalue weighted by atomic mass is 16.5. The van der Waals surface area contributed by atoms with Gasteiger partial charge in [-0.1, -0.05) is 18.2 Å². The zero-order valence-corrected chi connectivity index (χ0v) is 17.3. The quantitative estimate of drug-likeness (QED) is 0.583. The number of H-pyrrole nitrogens is 1. The van der Waals surface area contributed by atoms with Crippen LogP contribution in [-0.2, 0) is 14.9 Å². The second-order valence-corrected chi connectivity index (χ2v) is 9.90. The standard InChI is InChI=1S/C25H29NO3/c1-16-5-6-20(8-17(16)2)24-10-18-9-19(11-24)13-25(12-18,15-24)23(28)29-14-22(27)21-4-3-7-26-21/h3-8,18-19,26H,9-15H2,1-2H3/t18-,19-,24?,25?/m1/s1. The van der Waals surface area contributed by atoms with E-state index < -0.39 is 5.41 Å². The van der Waals surface area contributed by atoms with Crippen molar-refractivity contribution in [1.29, 1.82) is 0 Å². The summed E-state index contributed by atoms with van der Waals surface area (Å²) in [7, 11) is 0. The van der Waals surface area contributed by atoms with Gasteiger partial charge in [-0.2, -0.15) is 0 Å². The van der Waals surface area contributed by atoms with Gasteiger partial charge in [-0.15, -0.1) is 0 Å². The molecule has 4 nitrogen and oxygen atoms in total. The zero-order chi connectivity index (χ0) is 20.2. The number of rotatable bonds is 5. The Balaban J connectivity index is 1.39. The molecule has 0 saturated heterocycles. The number of ketones is 1. The topological polar surface area (TPSA) is 59.2 Å². The Kier molecular flexibility index (Phi) is 4.23. The number of aromatic nitrogens is 1. The minimum absolute atomic E-state index is 0.0883. The van der Waals surface area contributed by atoms with Crippen molar-refractivity contribution in [3.63, 3.8) is 0 Å². The van der Waals surface area contributed by atoms with E-state index in [1.165, 1.54) is 36.0 Å². The lowest BCUT2D eigenvalue weighted by molar-refractivity contribution is -0.172. The smallest absolute Gasteiger partial charge is 0.312 e. The Morgan fingerprint density at radius 1 is 1.07 bits per heavy atom. The summed E-state index contributed by atoms with van der Waals surface area (Å²) in [6.45, 7) is 4.15. The van der Waals surface area contributed by atoms with Crippen molar-refractivity contribution in [2.75, 3.05) is 6.61 Å². The largest absolute Gasteiger partial charge is 0.457 e. The van der Waals surface area contributed by atoms with Gasteiger partial charge < -0.3 is 9.72 Å². The summed E-state index contributed by atoms with van der Waals surface area (Å²) in [6, 6.07) is 10.3. The first-order chi connectivity index (χ1) is 13.9. The molecule has 29 heavy (non-hydrogen) atoms. The fourth-order valence-corrected chi connectivity index (χ4v) is 6.78. The first kappa shape index (κ1) is 18.7. The lowest BCUT2D eigenvalue weighted by Crippen LogP contribution is -2.57. The SMILES string of the molecule is Cc1ccc(C23C[C@H]4C[C@@H](CC(C(=O)OCC(=O)c5ccc[nH]5)(C4)C2)C3)cc1C. The third kappa shape index (κ3) is 3.04. The number of aryl methyl sites for hydroxylation is 2. The van der Waals surface area contributed by atoms with Gasteiger partial charge in [-0.3, -0.25) is 9.59 Å². The minimum atomic E-state index is -0.418. The molecule has 0 unspecified atom stereocenters. The van der Waals surface area contributed by atoms with Crippen molar-refractivity contribution in [3.8, 4) is 0 Å². The van der Waals surface area contributed by atoms with Crippen molar-refractivity contribution in [3.05, 3.63) is 58.9 Å². The molecule has 4 aliphatic rings. The van der Waals surface area contributed by atoms with E-state index in [0.29, 0.717) is 17.5 Å². The molecule has 4 aliphatic carbocycles. The van der Waals surface area contributed by atoms with E-state index in [1.54, 1.807) is 18.3 Å². The van der Waals surface area contributed by atoms with Crippen LogP contribution < -0.4 is 0 Å². The summed E-state index contributed by atoms with van der Waals surface area (Å²) in [5.74, 6) is 0.853. The van der Waals surface area contributed by atoms with Gasteiger partial charge in [-0.05, 0) is 98.4 Å². The zero-order valence-electron chi connectivity index (χ0n) is 17.3. The molecule has 4 saturated carbocycles. The Bertz CT molecular complexity index is 944. The highest BCUT2D eigenvalue weighted by Crippen LogP contribution is 2.66. The Labute approximate surface area is 172 Å². The van der Waals surface area contributed by atoms with Gasteiger partial charge in [0, 0.05) is 6.20 Å². The predicted molar refractivity (Wildman–Crippen MR) is 111 cm³/mol. The molecule has 1 N–H and O–H groups in total. The number of carbonyl (C=O) groups is 2. The molecule has 0 radical (unpaired) electrons. The second-order valence-electron chi connectivity index (χ2n) is 9.90. The van der Waals surface area contributed by atoms with Crippen LogP contribution in [0.1, 0.15) is 65.7 Å². The molecule has 0 amide bonds. The van der Waals surface area contributed by atoms with Crippen LogP contribution in [0.25, 0.3) is 0 Å². The van der Waals surface area contributed by atoms with Crippen molar-refractivity contribution in [2.45, 2.75) is 57.8 Å². The van der Waals surface area contributed by atoms with Crippen molar-refractivity contribution >= 4 is 11.8 Å². The third-order valence-corrected chi connectivity index (χ3v) is 7.85. The first-order valence-electron chi connectivity index (χ1n) is 10.8. The van der Waals surface area contributed by atoms with Gasteiger partial charge >= 0.3 is 5.97 Å². The molecule has 4 fully saturated rings. The summed E-state index contributed by atoms with van der Waals surface area (Å²) in [6.07, 6.45) is 8.03. The average Bonchev–Trinajstić information content (AvgIpc) is 3.22. The predicted octanol–water partition coefficient (Wildman–Crippen LogP) is 4.90. The normalized spacial score (nSPS) is 32.3. The van der Waals surface area contributed by atoms with Crippen molar-refractivity contribution < 1.29 is 14.3 Å². The minimum Gasteiger partial charge on any atom is -0.457 e. The number of aromatic amines is 1. The van der Waals surface area contributed by atoms with Crippen molar-refractivity contribution in [2.24, 2.45) is 17.3 Å². The van der Waals surface area contributed by atoms with Gasteiger partial charge in [0.2, 0.25) is 5.78 Å². The van der Waals surface area contributed by atoms with E-state index in [9.17, 15) is 9.59 Å². The van der Waals surface area contributed by atoms with Crippen LogP contribution in [-0.4, -0.2) is 23.3 Å². The maximum absolute atomic E-state index is 13.3. The van der Waals surface area contributed by atoms with Crippen LogP contribution in [0.3, 0.4) is 0 Å². The van der Waals surface area contributed by atoms with Gasteiger partial charge in [-0.25, -0.2) is 0 Å². The number of ether oxygens (including phenoxy) is 1. The molecular formula is C25H29NO3. The first-order valence-corrected chi connectivity index (χ1v) is 10.8. The molecule has 1 heterocycles. The van der Waals surface area contributed by atoms with Gasteiger partial charge in [0.05, 0.1) is 11.1 Å². The van der Waals surface area contributed by atoms with Crippen LogP contribution in [0, 0.1) is 31.1 Å². The summed E-state index contributed by atoms with van der Waals surface area (Å²) < 4.78 is 5.63. The Morgan fingerprint density at radius 2 is 1.83 bits per heavy atom. The Morgan fingerprint density at radius 3 is 2.48 bits per heavy atom. The van der Waals surface area contributed by atoms with Gasteiger partial charge in [0.1, 0.15) is 0 Å². The van der Waals surface area contributed by atoms with Gasteiger partial charge in [0.25, 0.3) is 0 Å². The van der Waals surface area contributed by atoms with E-state index in [-0.39, 0.29) is 23.8 Å². The van der Waals surface area contributed by atoms with E-state index in [0.717, 1.165) is 19.3 Å². The number of esters is 1. The second kappa shape index (κ2) is 6.58. The molecule has 4 heteroatoms. The molecule has 4 bridgehead atoms. The lowest BCUT2D eigenvalue weighted by Gasteiger charge is -2.61. The summed E-state index contributed by atoms with van der Waals surface area (Å²) in [4.78, 5) is 28.5. The number of nitrogens with one attached hydrogen (secondary N) is 1. The molecule has 2 atom stereocenters. The van der Waals surface area contributed by atoms with Crippen LogP contribution in [0.2, 0.25) is 0 Å². The highest BCUT2D eigenvalue weighted by Gasteiger charge is 2.61. The molecular weight excluding hydrogens is 362 g/mol. The highest BCUT2D eigenvalue weighted by molar-refractivity contribution is 5.96. The average molecular weight is 392 g/mol. The van der Waals surface area contributed by atoms with E-state index >= 15 is 0 Å². The molecule has 6 rings (SSSR count). The van der Waals surface area contributed by atoms with E-state index in [2.05, 4.69) is 37.0 Å². The monoisotopic (exact) mass is 391 g/mol. The summed E-state index contributed by atoms with van der Waals surface area (Å²) in [5.41, 5.74) is 4.20. The van der Waals surface area contributed by atoms with Crippen LogP contribution in [0.15, 0.2) is 36.5 Å². The van der Waals surface area contributed by atoms with E-state index in [1.807, 2.05) is 0 Å². The fraction of sp³-hybridized carbons (Fsp3) is 0.520. The number of carbonyl (C=O) groups excluding carboxylic acids is 2. The number of Topliss-reactive ketones (excluding diaryl/α,β-unsaturated/α-hetero) is 1. The molecule has 1 aromatic carbocycles. The van der Waals surface area contributed by atoms with Crippen LogP contribution >= 0.6 is 0 Å². The van der Waals surface area contributed by atoms with Crippen molar-refractivity contribution in [1.82, 2.24) is 4.98 Å². The van der Waals surface area contributed by atoms with Gasteiger partial charge in [0.15, 0.2) is 6.61 Å². The number of benzene rings is 1. The van der Waals surface area contributed by atoms with Crippen LogP contribution in [0.5, 0.6) is 0 Å². The number of hydrogen-bond acceptors (Lipinski definition) is 3. The maximum atomic E-state index is 13.3. The summed E-state index contributed by atoms with van der Waals surface area (Å²) in [5, 5.41) is 0. The Hall–Kier alpha value is -2.36. The molecule has 152 valence electrons. The molecule has 0 spiro atoms. The fourth-order valence-electron chi connectivity index (χ4n) is 6.78. The van der Waals surface area contributed by atoms with Crippen LogP contribution in [0.4, 0.5) is 0 Å². The van der Waals surface area contributed by atoms with E-state index in [4.69, 9.17) is 4.74 Å².